The van der Waals surface area contributed by atoms with E-state index in [1.807, 2.05) is 4.90 Å². The van der Waals surface area contributed by atoms with Crippen LogP contribution in [0.2, 0.25) is 0 Å². The molecule has 2 heterocycles. The fourth-order valence-corrected chi connectivity index (χ4v) is 5.72. The first-order valence-electron chi connectivity index (χ1n) is 10.6. The van der Waals surface area contributed by atoms with Gasteiger partial charge in [-0.1, -0.05) is 29.8 Å². The minimum Gasteiger partial charge on any atom is -0.336 e. The van der Waals surface area contributed by atoms with Gasteiger partial charge in [0.1, 0.15) is 0 Å². The lowest BCUT2D eigenvalue weighted by atomic mass is 10.1. The molecule has 2 aromatic rings. The third kappa shape index (κ3) is 4.58. The van der Waals surface area contributed by atoms with Crippen molar-refractivity contribution >= 4 is 15.9 Å². The SMILES string of the molecule is Cc1cccc(CN2CCN(C(=O)c3ccc(S(=O)(=O)N4CCCC4)cc3)CC2)c1. The second-order valence-electron chi connectivity index (χ2n) is 8.19. The molecule has 2 aliphatic rings. The molecule has 7 heteroatoms. The van der Waals surface area contributed by atoms with Gasteiger partial charge in [-0.2, -0.15) is 4.31 Å². The molecule has 0 atom stereocenters. The summed E-state index contributed by atoms with van der Waals surface area (Å²) in [6, 6.07) is 14.9. The lowest BCUT2D eigenvalue weighted by Crippen LogP contribution is -2.48. The van der Waals surface area contributed by atoms with E-state index in [1.54, 1.807) is 24.3 Å². The van der Waals surface area contributed by atoms with E-state index in [1.165, 1.54) is 15.4 Å². The normalized spacial score (nSPS) is 18.6. The molecule has 0 bridgehead atoms. The van der Waals surface area contributed by atoms with Crippen LogP contribution in [-0.4, -0.2) is 67.7 Å². The molecule has 0 N–H and O–H groups in total. The van der Waals surface area contributed by atoms with Gasteiger partial charge in [0, 0.05) is 51.4 Å². The van der Waals surface area contributed by atoms with Crippen LogP contribution in [0, 0.1) is 6.92 Å². The van der Waals surface area contributed by atoms with Gasteiger partial charge in [-0.25, -0.2) is 8.42 Å². The van der Waals surface area contributed by atoms with Gasteiger partial charge in [0.25, 0.3) is 5.91 Å². The van der Waals surface area contributed by atoms with Gasteiger partial charge in [-0.15, -0.1) is 0 Å². The van der Waals surface area contributed by atoms with Gasteiger partial charge in [0.05, 0.1) is 4.90 Å². The van der Waals surface area contributed by atoms with Gasteiger partial charge in [0.2, 0.25) is 10.0 Å². The minimum absolute atomic E-state index is 0.0321. The molecule has 0 radical (unpaired) electrons. The Labute approximate surface area is 179 Å². The van der Waals surface area contributed by atoms with Crippen molar-refractivity contribution in [3.63, 3.8) is 0 Å². The molecular formula is C23H29N3O3S. The average Bonchev–Trinajstić information content (AvgIpc) is 3.30. The zero-order valence-corrected chi connectivity index (χ0v) is 18.3. The van der Waals surface area contributed by atoms with Crippen molar-refractivity contribution in [3.8, 4) is 0 Å². The molecule has 4 rings (SSSR count). The molecular weight excluding hydrogens is 398 g/mol. The zero-order chi connectivity index (χ0) is 21.1. The van der Waals surface area contributed by atoms with E-state index < -0.39 is 10.0 Å². The van der Waals surface area contributed by atoms with E-state index in [0.717, 1.165) is 32.5 Å². The molecule has 0 aliphatic carbocycles. The number of piperazine rings is 1. The molecule has 30 heavy (non-hydrogen) atoms. The van der Waals surface area contributed by atoms with Crippen molar-refractivity contribution in [2.24, 2.45) is 0 Å². The van der Waals surface area contributed by atoms with E-state index in [4.69, 9.17) is 0 Å². The maximum absolute atomic E-state index is 12.9. The quantitative estimate of drug-likeness (QED) is 0.736. The number of carbonyl (C=O) groups excluding carboxylic acids is 1. The van der Waals surface area contributed by atoms with Crippen molar-refractivity contribution in [1.82, 2.24) is 14.1 Å². The smallest absolute Gasteiger partial charge is 0.253 e. The van der Waals surface area contributed by atoms with E-state index in [2.05, 4.69) is 36.1 Å². The van der Waals surface area contributed by atoms with Crippen molar-refractivity contribution in [3.05, 3.63) is 65.2 Å². The maximum atomic E-state index is 12.9. The van der Waals surface area contributed by atoms with E-state index in [9.17, 15) is 13.2 Å². The van der Waals surface area contributed by atoms with Crippen LogP contribution in [0.15, 0.2) is 53.4 Å². The molecule has 0 unspecified atom stereocenters. The van der Waals surface area contributed by atoms with Crippen molar-refractivity contribution in [2.75, 3.05) is 39.3 Å². The van der Waals surface area contributed by atoms with Gasteiger partial charge < -0.3 is 4.90 Å². The first-order chi connectivity index (χ1) is 14.4. The van der Waals surface area contributed by atoms with Crippen molar-refractivity contribution in [2.45, 2.75) is 31.2 Å². The molecule has 2 fully saturated rings. The van der Waals surface area contributed by atoms with Crippen LogP contribution in [0.3, 0.4) is 0 Å². The number of nitrogens with zero attached hydrogens (tertiary/aromatic N) is 3. The lowest BCUT2D eigenvalue weighted by molar-refractivity contribution is 0.0628. The summed E-state index contributed by atoms with van der Waals surface area (Å²) in [5, 5.41) is 0. The van der Waals surface area contributed by atoms with Gasteiger partial charge >= 0.3 is 0 Å². The minimum atomic E-state index is -3.44. The summed E-state index contributed by atoms with van der Waals surface area (Å²) in [5.41, 5.74) is 3.10. The summed E-state index contributed by atoms with van der Waals surface area (Å²) in [4.78, 5) is 17.4. The molecule has 0 aromatic heterocycles. The Morgan fingerprint density at radius 3 is 2.20 bits per heavy atom. The van der Waals surface area contributed by atoms with Crippen LogP contribution in [0.25, 0.3) is 0 Å². The number of sulfonamides is 1. The molecule has 2 saturated heterocycles. The Morgan fingerprint density at radius 1 is 0.900 bits per heavy atom. The van der Waals surface area contributed by atoms with Gasteiger partial charge in [0.15, 0.2) is 0 Å². The lowest BCUT2D eigenvalue weighted by Gasteiger charge is -2.35. The molecule has 0 saturated carbocycles. The van der Waals surface area contributed by atoms with E-state index >= 15 is 0 Å². The van der Waals surface area contributed by atoms with Crippen LogP contribution in [0.1, 0.15) is 34.3 Å². The second-order valence-corrected chi connectivity index (χ2v) is 10.1. The maximum Gasteiger partial charge on any atom is 0.253 e. The highest BCUT2D eigenvalue weighted by molar-refractivity contribution is 7.89. The second kappa shape index (κ2) is 8.88. The topological polar surface area (TPSA) is 60.9 Å². The Hall–Kier alpha value is -2.22. The standard InChI is InChI=1S/C23H29N3O3S/c1-19-5-4-6-20(17-19)18-24-13-15-25(16-14-24)23(27)21-7-9-22(10-8-21)30(28,29)26-11-2-3-12-26/h4-10,17H,2-3,11-16,18H2,1H3. The number of aryl methyl sites for hydroxylation is 1. The Kier molecular flexibility index (Phi) is 6.22. The fraction of sp³-hybridized carbons (Fsp3) is 0.435. The summed E-state index contributed by atoms with van der Waals surface area (Å²) >= 11 is 0. The van der Waals surface area contributed by atoms with E-state index in [-0.39, 0.29) is 10.8 Å². The van der Waals surface area contributed by atoms with Crippen LogP contribution >= 0.6 is 0 Å². The highest BCUT2D eigenvalue weighted by Crippen LogP contribution is 2.21. The first-order valence-corrected chi connectivity index (χ1v) is 12.0. The third-order valence-corrected chi connectivity index (χ3v) is 7.87. The van der Waals surface area contributed by atoms with Gasteiger partial charge in [-0.05, 0) is 49.6 Å². The summed E-state index contributed by atoms with van der Waals surface area (Å²) in [5.74, 6) is -0.0321. The summed E-state index contributed by atoms with van der Waals surface area (Å²) in [6.45, 7) is 7.18. The highest BCUT2D eigenvalue weighted by Gasteiger charge is 2.28. The average molecular weight is 428 g/mol. The Balaban J connectivity index is 1.35. The monoisotopic (exact) mass is 427 g/mol. The Morgan fingerprint density at radius 2 is 1.57 bits per heavy atom. The summed E-state index contributed by atoms with van der Waals surface area (Å²) < 4.78 is 26.8. The Bertz CT molecular complexity index is 991. The van der Waals surface area contributed by atoms with Crippen LogP contribution < -0.4 is 0 Å². The predicted molar refractivity (Wildman–Crippen MR) is 117 cm³/mol. The van der Waals surface area contributed by atoms with Crippen LogP contribution in [-0.2, 0) is 16.6 Å². The number of hydrogen-bond donors (Lipinski definition) is 0. The number of hydrogen-bond acceptors (Lipinski definition) is 4. The molecule has 2 aromatic carbocycles. The van der Waals surface area contributed by atoms with Crippen LogP contribution in [0.5, 0.6) is 0 Å². The zero-order valence-electron chi connectivity index (χ0n) is 17.5. The molecule has 6 nitrogen and oxygen atoms in total. The predicted octanol–water partition coefficient (Wildman–Crippen LogP) is 2.74. The van der Waals surface area contributed by atoms with Crippen molar-refractivity contribution < 1.29 is 13.2 Å². The fourth-order valence-electron chi connectivity index (χ4n) is 4.21. The number of benzene rings is 2. The first kappa shape index (κ1) is 21.0. The molecule has 0 spiro atoms. The van der Waals surface area contributed by atoms with Gasteiger partial charge in [-0.3, -0.25) is 9.69 Å². The summed E-state index contributed by atoms with van der Waals surface area (Å²) in [7, 11) is -3.44. The van der Waals surface area contributed by atoms with Crippen molar-refractivity contribution in [1.29, 1.82) is 0 Å². The molecule has 2 aliphatic heterocycles. The molecule has 1 amide bonds. The number of carbonyl (C=O) groups is 1. The van der Waals surface area contributed by atoms with Crippen LogP contribution in [0.4, 0.5) is 0 Å². The largest absolute Gasteiger partial charge is 0.336 e. The highest BCUT2D eigenvalue weighted by atomic mass is 32.2. The number of rotatable bonds is 5. The summed E-state index contributed by atoms with van der Waals surface area (Å²) in [6.07, 6.45) is 1.82. The number of amides is 1. The third-order valence-electron chi connectivity index (χ3n) is 5.95. The van der Waals surface area contributed by atoms with E-state index in [0.29, 0.717) is 31.7 Å². The molecule has 160 valence electrons.